The van der Waals surface area contributed by atoms with E-state index >= 15 is 0 Å². The summed E-state index contributed by atoms with van der Waals surface area (Å²) in [6.45, 7) is 3.53. The zero-order valence-corrected chi connectivity index (χ0v) is 8.83. The van der Waals surface area contributed by atoms with Crippen LogP contribution in [-0.2, 0) is 0 Å². The summed E-state index contributed by atoms with van der Waals surface area (Å²) in [7, 11) is 0. The molecule has 76 valence electrons. The molecule has 0 atom stereocenters. The fraction of sp³-hybridized carbons (Fsp3) is 1.00. The van der Waals surface area contributed by atoms with Gasteiger partial charge in [-0.05, 0) is 50.1 Å². The molecule has 4 N–H and O–H groups in total. The summed E-state index contributed by atoms with van der Waals surface area (Å²) in [5, 5.41) is 8.81. The quantitative estimate of drug-likeness (QED) is 0.591. The topological polar surface area (TPSA) is 50.1 Å². The van der Waals surface area contributed by atoms with Crippen molar-refractivity contribution in [2.24, 2.45) is 16.5 Å². The number of piperidine rings is 1. The zero-order valence-electron chi connectivity index (χ0n) is 8.01. The van der Waals surface area contributed by atoms with Gasteiger partial charge in [-0.15, -0.1) is 0 Å². The van der Waals surface area contributed by atoms with Gasteiger partial charge in [-0.3, -0.25) is 9.86 Å². The predicted octanol–water partition coefficient (Wildman–Crippen LogP) is 0.878. The molecule has 1 saturated heterocycles. The molecule has 0 unspecified atom stereocenters. The van der Waals surface area contributed by atoms with Gasteiger partial charge in [0, 0.05) is 18.7 Å². The van der Waals surface area contributed by atoms with Crippen molar-refractivity contribution in [2.45, 2.75) is 25.7 Å². The van der Waals surface area contributed by atoms with Gasteiger partial charge in [0.2, 0.25) is 0 Å². The summed E-state index contributed by atoms with van der Waals surface area (Å²) in [5.41, 5.74) is 0.620. The van der Waals surface area contributed by atoms with E-state index < -0.39 is 0 Å². The monoisotopic (exact) mass is 201 g/mol. The average Bonchev–Trinajstić information content (AvgIpc) is 2.97. The minimum Gasteiger partial charge on any atom is -0.317 e. The SMILES string of the molecule is NSNCC1(C2CCNCC2)CC1. The van der Waals surface area contributed by atoms with Crippen LogP contribution in [-0.4, -0.2) is 19.6 Å². The van der Waals surface area contributed by atoms with Gasteiger partial charge in [-0.2, -0.15) is 0 Å². The Kier molecular flexibility index (Phi) is 3.14. The smallest absolute Gasteiger partial charge is 0.0130 e. The first kappa shape index (κ1) is 9.77. The molecule has 0 bridgehead atoms. The molecular formula is C9H19N3S. The Balaban J connectivity index is 1.82. The molecule has 0 aromatic rings. The van der Waals surface area contributed by atoms with Crippen molar-refractivity contribution >= 4 is 12.1 Å². The van der Waals surface area contributed by atoms with Gasteiger partial charge >= 0.3 is 0 Å². The highest BCUT2D eigenvalue weighted by molar-refractivity contribution is 7.95. The fourth-order valence-electron chi connectivity index (χ4n) is 2.51. The summed E-state index contributed by atoms with van der Waals surface area (Å²) in [5.74, 6) is 0.938. The largest absolute Gasteiger partial charge is 0.317 e. The van der Waals surface area contributed by atoms with Crippen molar-refractivity contribution in [3.63, 3.8) is 0 Å². The van der Waals surface area contributed by atoms with Crippen molar-refractivity contribution in [3.05, 3.63) is 0 Å². The number of nitrogens with one attached hydrogen (secondary N) is 2. The Morgan fingerprint density at radius 3 is 2.62 bits per heavy atom. The van der Waals surface area contributed by atoms with Crippen molar-refractivity contribution in [1.29, 1.82) is 0 Å². The minimum atomic E-state index is 0.620. The van der Waals surface area contributed by atoms with E-state index in [-0.39, 0.29) is 0 Å². The van der Waals surface area contributed by atoms with E-state index in [1.807, 2.05) is 0 Å². The van der Waals surface area contributed by atoms with E-state index in [1.165, 1.54) is 50.9 Å². The molecule has 0 aromatic carbocycles. The van der Waals surface area contributed by atoms with Gasteiger partial charge in [-0.25, -0.2) is 0 Å². The average molecular weight is 201 g/mol. The van der Waals surface area contributed by atoms with E-state index in [9.17, 15) is 0 Å². The summed E-state index contributed by atoms with van der Waals surface area (Å²) in [6.07, 6.45) is 5.53. The fourth-order valence-corrected chi connectivity index (χ4v) is 2.88. The lowest BCUT2D eigenvalue weighted by molar-refractivity contribution is 0.240. The molecule has 3 nitrogen and oxygen atoms in total. The number of nitrogens with two attached hydrogens (primary N) is 1. The minimum absolute atomic E-state index is 0.620. The maximum absolute atomic E-state index is 5.39. The summed E-state index contributed by atoms with van der Waals surface area (Å²) >= 11 is 1.27. The number of rotatable bonds is 4. The van der Waals surface area contributed by atoms with Gasteiger partial charge in [0.25, 0.3) is 0 Å². The third-order valence-corrected chi connectivity index (χ3v) is 3.92. The summed E-state index contributed by atoms with van der Waals surface area (Å²) in [6, 6.07) is 0. The standard InChI is InChI=1S/C9H19N3S/c10-13-12-7-9(3-4-9)8-1-5-11-6-2-8/h8,11-12H,1-7,10H2. The van der Waals surface area contributed by atoms with Crippen LogP contribution < -0.4 is 15.2 Å². The molecule has 0 radical (unpaired) electrons. The van der Waals surface area contributed by atoms with Gasteiger partial charge in [0.1, 0.15) is 0 Å². The maximum Gasteiger partial charge on any atom is 0.0130 e. The van der Waals surface area contributed by atoms with Crippen LogP contribution in [0.1, 0.15) is 25.7 Å². The molecule has 2 rings (SSSR count). The molecule has 0 aromatic heterocycles. The Morgan fingerprint density at radius 1 is 1.38 bits per heavy atom. The molecule has 13 heavy (non-hydrogen) atoms. The Bertz CT molecular complexity index is 164. The first-order valence-corrected chi connectivity index (χ1v) is 6.05. The van der Waals surface area contributed by atoms with Crippen molar-refractivity contribution in [1.82, 2.24) is 10.0 Å². The molecular weight excluding hydrogens is 182 g/mol. The van der Waals surface area contributed by atoms with Crippen molar-refractivity contribution in [3.8, 4) is 0 Å². The van der Waals surface area contributed by atoms with Gasteiger partial charge in [-0.1, -0.05) is 0 Å². The van der Waals surface area contributed by atoms with Crippen LogP contribution in [0.25, 0.3) is 0 Å². The van der Waals surface area contributed by atoms with E-state index in [2.05, 4.69) is 10.0 Å². The second kappa shape index (κ2) is 4.17. The molecule has 1 heterocycles. The van der Waals surface area contributed by atoms with Crippen molar-refractivity contribution < 1.29 is 0 Å². The van der Waals surface area contributed by atoms with Gasteiger partial charge in [0.05, 0.1) is 0 Å². The first-order valence-electron chi connectivity index (χ1n) is 5.17. The summed E-state index contributed by atoms with van der Waals surface area (Å²) < 4.78 is 3.22. The third kappa shape index (κ3) is 2.18. The Hall–Kier alpha value is 0.230. The molecule has 1 aliphatic carbocycles. The highest BCUT2D eigenvalue weighted by Crippen LogP contribution is 2.54. The molecule has 2 aliphatic rings. The molecule has 1 saturated carbocycles. The van der Waals surface area contributed by atoms with Crippen LogP contribution in [0.3, 0.4) is 0 Å². The van der Waals surface area contributed by atoms with Crippen LogP contribution in [0, 0.1) is 11.3 Å². The Labute approximate surface area is 84.5 Å². The first-order chi connectivity index (χ1) is 6.37. The zero-order chi connectivity index (χ0) is 9.15. The highest BCUT2D eigenvalue weighted by atomic mass is 32.2. The van der Waals surface area contributed by atoms with Gasteiger partial charge in [0.15, 0.2) is 0 Å². The second-order valence-electron chi connectivity index (χ2n) is 4.33. The van der Waals surface area contributed by atoms with Crippen LogP contribution in [0.15, 0.2) is 0 Å². The Morgan fingerprint density at radius 2 is 2.08 bits per heavy atom. The van der Waals surface area contributed by atoms with Crippen LogP contribution in [0.5, 0.6) is 0 Å². The van der Waals surface area contributed by atoms with Crippen LogP contribution in [0.4, 0.5) is 0 Å². The lowest BCUT2D eigenvalue weighted by atomic mass is 9.82. The molecule has 1 aliphatic heterocycles. The second-order valence-corrected chi connectivity index (χ2v) is 4.85. The number of hydrogen-bond donors (Lipinski definition) is 3. The normalized spacial score (nSPS) is 27.5. The van der Waals surface area contributed by atoms with Crippen molar-refractivity contribution in [2.75, 3.05) is 19.6 Å². The van der Waals surface area contributed by atoms with Crippen LogP contribution in [0.2, 0.25) is 0 Å². The lowest BCUT2D eigenvalue weighted by Crippen LogP contribution is -2.36. The molecule has 0 amide bonds. The lowest BCUT2D eigenvalue weighted by Gasteiger charge is -2.30. The molecule has 4 heteroatoms. The van der Waals surface area contributed by atoms with Gasteiger partial charge < -0.3 is 5.32 Å². The predicted molar refractivity (Wildman–Crippen MR) is 57.0 cm³/mol. The van der Waals surface area contributed by atoms with E-state index in [0.717, 1.165) is 12.5 Å². The maximum atomic E-state index is 5.39. The van der Waals surface area contributed by atoms with E-state index in [4.69, 9.17) is 5.14 Å². The van der Waals surface area contributed by atoms with E-state index in [0.29, 0.717) is 5.41 Å². The summed E-state index contributed by atoms with van der Waals surface area (Å²) in [4.78, 5) is 0. The number of hydrogen-bond acceptors (Lipinski definition) is 4. The molecule has 2 fully saturated rings. The molecule has 0 spiro atoms. The van der Waals surface area contributed by atoms with Crippen LogP contribution >= 0.6 is 12.1 Å². The third-order valence-electron chi connectivity index (χ3n) is 3.60. The van der Waals surface area contributed by atoms with E-state index in [1.54, 1.807) is 0 Å². The highest BCUT2D eigenvalue weighted by Gasteiger charge is 2.48.